The first-order valence-corrected chi connectivity index (χ1v) is 7.87. The predicted molar refractivity (Wildman–Crippen MR) is 91.2 cm³/mol. The number of rotatable bonds is 6. The van der Waals surface area contributed by atoms with Crippen LogP contribution in [-0.4, -0.2) is 17.7 Å². The molecule has 2 N–H and O–H groups in total. The molecule has 23 heavy (non-hydrogen) atoms. The summed E-state index contributed by atoms with van der Waals surface area (Å²) in [5, 5.41) is 14.2. The molecular weight excluding hydrogens is 297 g/mol. The molecule has 2 nitrogen and oxygen atoms in total. The average Bonchev–Trinajstić information content (AvgIpc) is 2.52. The quantitative estimate of drug-likeness (QED) is 0.624. The van der Waals surface area contributed by atoms with Gasteiger partial charge >= 0.3 is 7.69 Å². The van der Waals surface area contributed by atoms with Crippen molar-refractivity contribution in [3.05, 3.63) is 59.7 Å². The minimum Gasteiger partial charge on any atom is -0.430 e. The third kappa shape index (κ3) is 7.39. The monoisotopic (exact) mass is 320 g/mol. The van der Waals surface area contributed by atoms with Crippen LogP contribution >= 0.6 is 0 Å². The van der Waals surface area contributed by atoms with Crippen LogP contribution in [0.2, 0.25) is 0 Å². The third-order valence-corrected chi connectivity index (χ3v) is 3.47. The first-order valence-electron chi connectivity index (χ1n) is 7.87. The summed E-state index contributed by atoms with van der Waals surface area (Å²) in [5.41, 5.74) is 2.71. The molecule has 0 amide bonds. The van der Waals surface area contributed by atoms with Crippen LogP contribution in [-0.2, 0) is 6.42 Å². The van der Waals surface area contributed by atoms with Crippen molar-refractivity contribution < 1.29 is 18.8 Å². The zero-order valence-electron chi connectivity index (χ0n) is 13.4. The molecule has 124 valence electrons. The molecule has 2 rings (SSSR count). The van der Waals surface area contributed by atoms with E-state index in [1.807, 2.05) is 24.3 Å². The minimum absolute atomic E-state index is 0.538. The number of hydrogen-bond acceptors (Lipinski definition) is 2. The van der Waals surface area contributed by atoms with Crippen molar-refractivity contribution in [3.63, 3.8) is 0 Å². The summed E-state index contributed by atoms with van der Waals surface area (Å²) >= 11 is 0. The van der Waals surface area contributed by atoms with E-state index in [0.29, 0.717) is 5.56 Å². The standard InChI is InChI=1S/C18H20F2.BH3O2/c1-2-3-4-5-6-14-7-9-15(10-8-14)16-11-17(19)13-18(20)12-16;2-1-3/h7-13H,2-6H2,1H3;1-3H. The van der Waals surface area contributed by atoms with E-state index < -0.39 is 19.3 Å². The fraction of sp³-hybridized carbons (Fsp3) is 0.333. The number of hydrogen-bond donors (Lipinski definition) is 2. The van der Waals surface area contributed by atoms with Gasteiger partial charge in [0.2, 0.25) is 0 Å². The zero-order chi connectivity index (χ0) is 17.1. The Hall–Kier alpha value is -1.72. The van der Waals surface area contributed by atoms with Crippen molar-refractivity contribution in [1.29, 1.82) is 0 Å². The minimum atomic E-state index is -0.750. The van der Waals surface area contributed by atoms with Gasteiger partial charge in [0.1, 0.15) is 11.6 Å². The largest absolute Gasteiger partial charge is 0.432 e. The van der Waals surface area contributed by atoms with E-state index in [1.54, 1.807) is 0 Å². The lowest BCUT2D eigenvalue weighted by Gasteiger charge is -2.05. The maximum atomic E-state index is 13.2. The first kappa shape index (κ1) is 19.3. The van der Waals surface area contributed by atoms with Crippen LogP contribution in [0.4, 0.5) is 8.78 Å². The van der Waals surface area contributed by atoms with Gasteiger partial charge in [0.15, 0.2) is 0 Å². The molecule has 0 saturated heterocycles. The van der Waals surface area contributed by atoms with E-state index in [4.69, 9.17) is 10.0 Å². The van der Waals surface area contributed by atoms with Crippen LogP contribution in [0, 0.1) is 11.6 Å². The molecule has 0 spiro atoms. The van der Waals surface area contributed by atoms with Gasteiger partial charge in [-0.05, 0) is 41.7 Å². The summed E-state index contributed by atoms with van der Waals surface area (Å²) in [6, 6.07) is 11.6. The SMILES string of the molecule is CCCCCCc1ccc(-c2cc(F)cc(F)c2)cc1.OBO. The molecule has 0 atom stereocenters. The van der Waals surface area contributed by atoms with Crippen LogP contribution in [0.5, 0.6) is 0 Å². The van der Waals surface area contributed by atoms with Gasteiger partial charge in [-0.2, -0.15) is 0 Å². The Morgan fingerprint density at radius 3 is 1.91 bits per heavy atom. The number of benzene rings is 2. The van der Waals surface area contributed by atoms with E-state index in [2.05, 4.69) is 6.92 Å². The second-order valence-corrected chi connectivity index (χ2v) is 5.31. The van der Waals surface area contributed by atoms with Crippen molar-refractivity contribution in [1.82, 2.24) is 0 Å². The first-order chi connectivity index (χ1) is 11.1. The van der Waals surface area contributed by atoms with E-state index >= 15 is 0 Å². The summed E-state index contributed by atoms with van der Waals surface area (Å²) in [5.74, 6) is -1.08. The number of unbranched alkanes of at least 4 members (excludes halogenated alkanes) is 3. The van der Waals surface area contributed by atoms with Gasteiger partial charge in [0.05, 0.1) is 0 Å². The molecule has 0 unspecified atom stereocenters. The van der Waals surface area contributed by atoms with Crippen LogP contribution in [0.1, 0.15) is 38.2 Å². The molecule has 0 heterocycles. The van der Waals surface area contributed by atoms with Gasteiger partial charge in [-0.3, -0.25) is 0 Å². The van der Waals surface area contributed by atoms with Crippen molar-refractivity contribution in [2.45, 2.75) is 39.0 Å². The van der Waals surface area contributed by atoms with Gasteiger partial charge in [-0.15, -0.1) is 0 Å². The molecule has 2 aromatic rings. The third-order valence-electron chi connectivity index (χ3n) is 3.47. The van der Waals surface area contributed by atoms with E-state index in [0.717, 1.165) is 18.1 Å². The maximum absolute atomic E-state index is 13.2. The topological polar surface area (TPSA) is 40.5 Å². The summed E-state index contributed by atoms with van der Waals surface area (Å²) < 4.78 is 26.4. The lowest BCUT2D eigenvalue weighted by atomic mass is 10.0. The van der Waals surface area contributed by atoms with Crippen LogP contribution in [0.3, 0.4) is 0 Å². The molecule has 0 aliphatic carbocycles. The number of aryl methyl sites for hydroxylation is 1. The zero-order valence-corrected chi connectivity index (χ0v) is 13.4. The van der Waals surface area contributed by atoms with Crippen molar-refractivity contribution in [3.8, 4) is 11.1 Å². The summed E-state index contributed by atoms with van der Waals surface area (Å²) in [6.45, 7) is 2.20. The molecule has 0 bridgehead atoms. The maximum Gasteiger partial charge on any atom is 0.432 e. The highest BCUT2D eigenvalue weighted by atomic mass is 19.1. The van der Waals surface area contributed by atoms with Gasteiger partial charge in [-0.1, -0.05) is 50.5 Å². The second-order valence-electron chi connectivity index (χ2n) is 5.31. The summed E-state index contributed by atoms with van der Waals surface area (Å²) in [7, 11) is -0.750. The Labute approximate surface area is 137 Å². The molecule has 0 saturated carbocycles. The molecular formula is C18H23BF2O2. The molecule has 0 aliphatic rings. The Kier molecular flexibility index (Phi) is 9.18. The van der Waals surface area contributed by atoms with Crippen molar-refractivity contribution in [2.24, 2.45) is 0 Å². The summed E-state index contributed by atoms with van der Waals surface area (Å²) in [4.78, 5) is 0. The molecule has 2 aromatic carbocycles. The summed E-state index contributed by atoms with van der Waals surface area (Å²) in [6.07, 6.45) is 6.04. The molecule has 0 aliphatic heterocycles. The Balaban J connectivity index is 0.000000816. The highest BCUT2D eigenvalue weighted by molar-refractivity contribution is 6.13. The fourth-order valence-corrected chi connectivity index (χ4v) is 2.34. The molecule has 0 radical (unpaired) electrons. The fourth-order valence-electron chi connectivity index (χ4n) is 2.34. The van der Waals surface area contributed by atoms with E-state index in [-0.39, 0.29) is 0 Å². The van der Waals surface area contributed by atoms with E-state index in [1.165, 1.54) is 43.4 Å². The Morgan fingerprint density at radius 2 is 1.39 bits per heavy atom. The highest BCUT2D eigenvalue weighted by Crippen LogP contribution is 2.22. The van der Waals surface area contributed by atoms with Crippen LogP contribution in [0.25, 0.3) is 11.1 Å². The lowest BCUT2D eigenvalue weighted by molar-refractivity contribution is 0.448. The van der Waals surface area contributed by atoms with Crippen LogP contribution in [0.15, 0.2) is 42.5 Å². The highest BCUT2D eigenvalue weighted by Gasteiger charge is 2.03. The normalized spacial score (nSPS) is 9.96. The molecule has 0 aromatic heterocycles. The van der Waals surface area contributed by atoms with Crippen LogP contribution < -0.4 is 0 Å². The van der Waals surface area contributed by atoms with E-state index in [9.17, 15) is 8.78 Å². The van der Waals surface area contributed by atoms with Gasteiger partial charge in [0, 0.05) is 6.07 Å². The van der Waals surface area contributed by atoms with Gasteiger partial charge in [-0.25, -0.2) is 8.78 Å². The number of halogens is 2. The van der Waals surface area contributed by atoms with Gasteiger partial charge < -0.3 is 10.0 Å². The lowest BCUT2D eigenvalue weighted by Crippen LogP contribution is -1.88. The molecule has 5 heteroatoms. The van der Waals surface area contributed by atoms with Crippen molar-refractivity contribution in [2.75, 3.05) is 0 Å². The Morgan fingerprint density at radius 1 is 0.826 bits per heavy atom. The Bertz CT molecular complexity index is 553. The predicted octanol–water partition coefficient (Wildman–Crippen LogP) is 3.99. The van der Waals surface area contributed by atoms with Gasteiger partial charge in [0.25, 0.3) is 0 Å². The smallest absolute Gasteiger partial charge is 0.430 e. The second kappa shape index (κ2) is 10.9. The average molecular weight is 320 g/mol. The van der Waals surface area contributed by atoms with Crippen molar-refractivity contribution >= 4 is 7.69 Å². The molecule has 0 fully saturated rings.